The Kier molecular flexibility index (Phi) is 4.15. The van der Waals surface area contributed by atoms with Gasteiger partial charge in [-0.1, -0.05) is 0 Å². The number of rotatable bonds is 5. The molecule has 8 nitrogen and oxygen atoms in total. The molecule has 0 spiro atoms. The lowest BCUT2D eigenvalue weighted by Gasteiger charge is -2.04. The third-order valence-corrected chi connectivity index (χ3v) is 4.48. The summed E-state index contributed by atoms with van der Waals surface area (Å²) in [6.45, 7) is 2.21. The molecule has 138 valence electrons. The molecule has 1 amide bonds. The van der Waals surface area contributed by atoms with E-state index < -0.39 is 0 Å². The molecule has 3 heterocycles. The van der Waals surface area contributed by atoms with Crippen molar-refractivity contribution in [2.75, 3.05) is 13.7 Å². The number of benzene rings is 1. The van der Waals surface area contributed by atoms with E-state index in [9.17, 15) is 9.59 Å². The molecule has 1 aromatic carbocycles. The van der Waals surface area contributed by atoms with Gasteiger partial charge in [0.05, 0.1) is 7.11 Å². The number of amides is 1. The minimum Gasteiger partial charge on any atom is -0.497 e. The van der Waals surface area contributed by atoms with Gasteiger partial charge in [0.15, 0.2) is 5.69 Å². The van der Waals surface area contributed by atoms with Gasteiger partial charge in [-0.2, -0.15) is 5.10 Å². The van der Waals surface area contributed by atoms with Crippen LogP contribution < -0.4 is 15.6 Å². The first-order valence-electron chi connectivity index (χ1n) is 8.56. The van der Waals surface area contributed by atoms with Gasteiger partial charge in [-0.05, 0) is 37.1 Å². The van der Waals surface area contributed by atoms with Gasteiger partial charge in [0, 0.05) is 41.6 Å². The molecule has 4 rings (SSSR count). The number of carbonyl (C=O) groups is 1. The summed E-state index contributed by atoms with van der Waals surface area (Å²) < 4.78 is 6.70. The smallest absolute Gasteiger partial charge is 0.274 e. The molecular weight excluding hydrogens is 346 g/mol. The fourth-order valence-corrected chi connectivity index (χ4v) is 3.12. The number of nitrogens with one attached hydrogen (secondary N) is 3. The predicted octanol–water partition coefficient (Wildman–Crippen LogP) is 1.79. The van der Waals surface area contributed by atoms with E-state index in [2.05, 4.69) is 20.4 Å². The Balaban J connectivity index is 1.47. The zero-order valence-electron chi connectivity index (χ0n) is 15.0. The molecule has 0 saturated carbocycles. The number of ether oxygens (including phenoxy) is 1. The Hall–Kier alpha value is -3.55. The molecule has 0 aliphatic carbocycles. The highest BCUT2D eigenvalue weighted by Crippen LogP contribution is 2.23. The number of carbonyl (C=O) groups excluding carboxylic acids is 1. The van der Waals surface area contributed by atoms with Crippen molar-refractivity contribution in [3.63, 3.8) is 0 Å². The molecule has 0 unspecified atom stereocenters. The molecule has 3 N–H and O–H groups in total. The van der Waals surface area contributed by atoms with Crippen molar-refractivity contribution < 1.29 is 9.53 Å². The number of aromatic amines is 2. The normalized spacial score (nSPS) is 11.2. The van der Waals surface area contributed by atoms with Gasteiger partial charge in [0.25, 0.3) is 11.5 Å². The highest BCUT2D eigenvalue weighted by atomic mass is 16.5. The van der Waals surface area contributed by atoms with Crippen molar-refractivity contribution in [1.29, 1.82) is 0 Å². The quantitative estimate of drug-likeness (QED) is 0.501. The Bertz CT molecular complexity index is 1200. The van der Waals surface area contributed by atoms with E-state index in [4.69, 9.17) is 4.74 Å². The molecular formula is C19H19N5O3. The van der Waals surface area contributed by atoms with Crippen LogP contribution in [0.5, 0.6) is 5.75 Å². The Labute approximate surface area is 154 Å². The third kappa shape index (κ3) is 3.17. The fourth-order valence-electron chi connectivity index (χ4n) is 3.12. The van der Waals surface area contributed by atoms with E-state index in [-0.39, 0.29) is 17.2 Å². The minimum absolute atomic E-state index is 0.215. The zero-order chi connectivity index (χ0) is 19.0. The van der Waals surface area contributed by atoms with Crippen molar-refractivity contribution in [2.24, 2.45) is 0 Å². The van der Waals surface area contributed by atoms with Gasteiger partial charge in [0.2, 0.25) is 0 Å². The van der Waals surface area contributed by atoms with Gasteiger partial charge in [-0.25, -0.2) is 4.52 Å². The van der Waals surface area contributed by atoms with E-state index in [1.165, 1.54) is 10.6 Å². The maximum atomic E-state index is 12.4. The largest absolute Gasteiger partial charge is 0.497 e. The van der Waals surface area contributed by atoms with Crippen LogP contribution in [0, 0.1) is 6.92 Å². The van der Waals surface area contributed by atoms with Gasteiger partial charge >= 0.3 is 0 Å². The highest BCUT2D eigenvalue weighted by molar-refractivity contribution is 5.93. The standard InChI is InChI=1S/C19H19N5O3/c1-11-10-24-17(19(26)22-11)8-16(23-24)18(25)20-6-5-12-9-21-15-4-3-13(27-2)7-14(12)15/h3-4,7-10,21H,5-6H2,1-2H3,(H,20,25)(H,22,26). The van der Waals surface area contributed by atoms with Crippen molar-refractivity contribution in [3.05, 3.63) is 64.0 Å². The summed E-state index contributed by atoms with van der Waals surface area (Å²) in [5.41, 5.74) is 3.08. The molecule has 0 bridgehead atoms. The van der Waals surface area contributed by atoms with Gasteiger partial charge < -0.3 is 20.0 Å². The Morgan fingerprint density at radius 3 is 3.00 bits per heavy atom. The highest BCUT2D eigenvalue weighted by Gasteiger charge is 2.13. The van der Waals surface area contributed by atoms with E-state index in [0.717, 1.165) is 22.2 Å². The number of hydrogen-bond acceptors (Lipinski definition) is 4. The van der Waals surface area contributed by atoms with Crippen LogP contribution in [0.3, 0.4) is 0 Å². The molecule has 0 fully saturated rings. The fraction of sp³-hybridized carbons (Fsp3) is 0.211. The second-order valence-electron chi connectivity index (χ2n) is 6.36. The Morgan fingerprint density at radius 2 is 2.19 bits per heavy atom. The van der Waals surface area contributed by atoms with Crippen LogP contribution in [0.1, 0.15) is 21.7 Å². The van der Waals surface area contributed by atoms with Crippen molar-refractivity contribution in [2.45, 2.75) is 13.3 Å². The number of fused-ring (bicyclic) bond motifs is 2. The van der Waals surface area contributed by atoms with Crippen molar-refractivity contribution in [3.8, 4) is 5.75 Å². The van der Waals surface area contributed by atoms with Crippen molar-refractivity contribution >= 4 is 22.3 Å². The maximum absolute atomic E-state index is 12.4. The maximum Gasteiger partial charge on any atom is 0.274 e. The third-order valence-electron chi connectivity index (χ3n) is 4.48. The van der Waals surface area contributed by atoms with Gasteiger partial charge in [-0.15, -0.1) is 0 Å². The summed E-state index contributed by atoms with van der Waals surface area (Å²) in [6.07, 6.45) is 4.27. The van der Waals surface area contributed by atoms with Crippen LogP contribution in [-0.2, 0) is 6.42 Å². The summed E-state index contributed by atoms with van der Waals surface area (Å²) in [6, 6.07) is 7.33. The number of nitrogens with zero attached hydrogens (tertiary/aromatic N) is 2. The molecule has 0 saturated heterocycles. The summed E-state index contributed by atoms with van der Waals surface area (Å²) in [4.78, 5) is 30.2. The number of aromatic nitrogens is 4. The van der Waals surface area contributed by atoms with Crippen LogP contribution in [-0.4, -0.2) is 39.1 Å². The lowest BCUT2D eigenvalue weighted by atomic mass is 10.1. The molecule has 0 radical (unpaired) electrons. The van der Waals surface area contributed by atoms with Gasteiger partial charge in [-0.3, -0.25) is 9.59 Å². The van der Waals surface area contributed by atoms with Crippen LogP contribution in [0.25, 0.3) is 16.4 Å². The molecule has 8 heteroatoms. The van der Waals surface area contributed by atoms with E-state index in [0.29, 0.717) is 24.2 Å². The summed E-state index contributed by atoms with van der Waals surface area (Å²) in [5.74, 6) is 0.478. The Morgan fingerprint density at radius 1 is 1.33 bits per heavy atom. The number of hydrogen-bond donors (Lipinski definition) is 3. The average molecular weight is 365 g/mol. The lowest BCUT2D eigenvalue weighted by molar-refractivity contribution is 0.0949. The van der Waals surface area contributed by atoms with Crippen LogP contribution in [0.15, 0.2) is 41.5 Å². The van der Waals surface area contributed by atoms with E-state index >= 15 is 0 Å². The predicted molar refractivity (Wildman–Crippen MR) is 101 cm³/mol. The molecule has 0 aliphatic rings. The van der Waals surface area contributed by atoms with Crippen LogP contribution in [0.4, 0.5) is 0 Å². The second-order valence-corrected chi connectivity index (χ2v) is 6.36. The zero-order valence-corrected chi connectivity index (χ0v) is 15.0. The molecule has 0 aliphatic heterocycles. The first-order chi connectivity index (χ1) is 13.0. The summed E-state index contributed by atoms with van der Waals surface area (Å²) in [5, 5.41) is 8.11. The molecule has 4 aromatic rings. The second kappa shape index (κ2) is 6.64. The minimum atomic E-state index is -0.312. The van der Waals surface area contributed by atoms with Gasteiger partial charge in [0.1, 0.15) is 11.3 Å². The first kappa shape index (κ1) is 16.9. The van der Waals surface area contributed by atoms with Crippen LogP contribution >= 0.6 is 0 Å². The van der Waals surface area contributed by atoms with E-state index in [1.54, 1.807) is 20.2 Å². The number of aryl methyl sites for hydroxylation is 1. The summed E-state index contributed by atoms with van der Waals surface area (Å²) in [7, 11) is 1.63. The first-order valence-corrected chi connectivity index (χ1v) is 8.56. The molecule has 0 atom stereocenters. The SMILES string of the molecule is COc1ccc2[nH]cc(CCNC(=O)c3cc4c(=O)[nH]c(C)cn4n3)c2c1. The van der Waals surface area contributed by atoms with E-state index in [1.807, 2.05) is 24.4 Å². The monoisotopic (exact) mass is 365 g/mol. The average Bonchev–Trinajstić information content (AvgIpc) is 3.25. The number of methoxy groups -OCH3 is 1. The lowest BCUT2D eigenvalue weighted by Crippen LogP contribution is -2.26. The molecule has 3 aromatic heterocycles. The van der Waals surface area contributed by atoms with Crippen molar-refractivity contribution in [1.82, 2.24) is 24.9 Å². The topological polar surface area (TPSA) is 104 Å². The number of H-pyrrole nitrogens is 2. The summed E-state index contributed by atoms with van der Waals surface area (Å²) >= 11 is 0. The van der Waals surface area contributed by atoms with Crippen LogP contribution in [0.2, 0.25) is 0 Å². The molecule has 27 heavy (non-hydrogen) atoms.